The average molecular weight is 400 g/mol. The summed E-state index contributed by atoms with van der Waals surface area (Å²) in [4.78, 5) is 4.92. The van der Waals surface area contributed by atoms with Gasteiger partial charge in [0.05, 0.1) is 25.8 Å². The van der Waals surface area contributed by atoms with Crippen LogP contribution in [-0.2, 0) is 9.47 Å². The molecule has 6 heteroatoms. The highest BCUT2D eigenvalue weighted by molar-refractivity contribution is 5.32. The fraction of sp³-hybridized carbons (Fsp3) is 0.478. The van der Waals surface area contributed by atoms with Crippen LogP contribution in [0.25, 0.3) is 0 Å². The smallest absolute Gasteiger partial charge is 0.181 e. The van der Waals surface area contributed by atoms with E-state index in [9.17, 15) is 8.78 Å². The second kappa shape index (κ2) is 7.76. The summed E-state index contributed by atoms with van der Waals surface area (Å²) in [5.74, 6) is -0.900. The molecule has 3 fully saturated rings. The lowest BCUT2D eigenvalue weighted by Crippen LogP contribution is -2.61. The zero-order chi connectivity index (χ0) is 19.8. The fourth-order valence-electron chi connectivity index (χ4n) is 5.05. The van der Waals surface area contributed by atoms with E-state index in [4.69, 9.17) is 9.47 Å². The first-order chi connectivity index (χ1) is 14.1. The van der Waals surface area contributed by atoms with E-state index in [0.717, 1.165) is 50.1 Å². The van der Waals surface area contributed by atoms with Gasteiger partial charge >= 0.3 is 0 Å². The van der Waals surface area contributed by atoms with Gasteiger partial charge in [0.1, 0.15) is 11.6 Å². The number of piperazine rings is 1. The minimum Gasteiger partial charge on any atom is -0.346 e. The van der Waals surface area contributed by atoms with E-state index in [1.54, 1.807) is 0 Å². The molecule has 1 unspecified atom stereocenters. The van der Waals surface area contributed by atoms with Gasteiger partial charge in [0.25, 0.3) is 0 Å². The summed E-state index contributed by atoms with van der Waals surface area (Å²) in [6.07, 6.45) is 1.94. The molecule has 0 radical (unpaired) electrons. The molecule has 0 saturated carbocycles. The Balaban J connectivity index is 1.39. The molecule has 2 aromatic carbocycles. The van der Waals surface area contributed by atoms with Crippen molar-refractivity contribution in [1.82, 2.24) is 9.80 Å². The molecule has 3 aliphatic heterocycles. The number of benzene rings is 2. The summed E-state index contributed by atoms with van der Waals surface area (Å²) in [6, 6.07) is 13.8. The van der Waals surface area contributed by atoms with Crippen molar-refractivity contribution in [1.29, 1.82) is 0 Å². The van der Waals surface area contributed by atoms with Crippen LogP contribution in [0, 0.1) is 11.6 Å². The molecule has 0 aliphatic carbocycles. The monoisotopic (exact) mass is 400 g/mol. The van der Waals surface area contributed by atoms with Crippen LogP contribution in [0.4, 0.5) is 8.78 Å². The lowest BCUT2D eigenvalue weighted by atomic mass is 9.91. The average Bonchev–Trinajstić information content (AvgIpc) is 3.19. The normalized spacial score (nSPS) is 24.9. The third-order valence-electron chi connectivity index (χ3n) is 6.49. The van der Waals surface area contributed by atoms with E-state index < -0.39 is 5.79 Å². The van der Waals surface area contributed by atoms with Crippen LogP contribution in [-0.4, -0.2) is 61.0 Å². The second-order valence-corrected chi connectivity index (χ2v) is 8.27. The SMILES string of the molecule is Fc1ccc(C(c2ccc(F)cc2)N2CCN3CC4(CCC3C2)OCCO4)cc1. The van der Waals surface area contributed by atoms with Crippen LogP contribution >= 0.6 is 0 Å². The fourth-order valence-corrected chi connectivity index (χ4v) is 5.05. The summed E-state index contributed by atoms with van der Waals surface area (Å²) in [5, 5.41) is 0. The first-order valence-corrected chi connectivity index (χ1v) is 10.4. The maximum absolute atomic E-state index is 13.5. The van der Waals surface area contributed by atoms with Gasteiger partial charge in [-0.25, -0.2) is 8.78 Å². The van der Waals surface area contributed by atoms with E-state index in [-0.39, 0.29) is 17.7 Å². The topological polar surface area (TPSA) is 24.9 Å². The molecule has 5 rings (SSSR count). The van der Waals surface area contributed by atoms with Crippen LogP contribution in [0.5, 0.6) is 0 Å². The van der Waals surface area contributed by atoms with Crippen molar-refractivity contribution < 1.29 is 18.3 Å². The van der Waals surface area contributed by atoms with Gasteiger partial charge in [0.15, 0.2) is 5.79 Å². The molecule has 0 bridgehead atoms. The Morgan fingerprint density at radius 1 is 0.862 bits per heavy atom. The number of hydrogen-bond donors (Lipinski definition) is 0. The van der Waals surface area contributed by atoms with Crippen molar-refractivity contribution in [2.75, 3.05) is 39.4 Å². The quantitative estimate of drug-likeness (QED) is 0.786. The van der Waals surface area contributed by atoms with E-state index in [0.29, 0.717) is 19.3 Å². The van der Waals surface area contributed by atoms with Gasteiger partial charge in [-0.2, -0.15) is 0 Å². The maximum Gasteiger partial charge on any atom is 0.181 e. The molecular weight excluding hydrogens is 374 g/mol. The number of fused-ring (bicyclic) bond motifs is 1. The largest absolute Gasteiger partial charge is 0.346 e. The van der Waals surface area contributed by atoms with Crippen LogP contribution < -0.4 is 0 Å². The molecule has 29 heavy (non-hydrogen) atoms. The highest BCUT2D eigenvalue weighted by Gasteiger charge is 2.46. The molecule has 0 amide bonds. The Morgan fingerprint density at radius 2 is 1.45 bits per heavy atom. The first kappa shape index (κ1) is 19.1. The van der Waals surface area contributed by atoms with Crippen LogP contribution in [0.2, 0.25) is 0 Å². The number of piperidine rings is 1. The van der Waals surface area contributed by atoms with E-state index in [1.165, 1.54) is 24.3 Å². The first-order valence-electron chi connectivity index (χ1n) is 10.4. The summed E-state index contributed by atoms with van der Waals surface area (Å²) in [5.41, 5.74) is 2.06. The number of ether oxygens (including phenoxy) is 2. The standard InChI is InChI=1S/C23H26F2N2O2/c24-19-5-1-17(2-6-19)22(18-3-7-20(25)8-4-18)26-11-12-27-16-23(28-13-14-29-23)10-9-21(27)15-26/h1-8,21-22H,9-16H2. The molecule has 4 nitrogen and oxygen atoms in total. The molecule has 3 heterocycles. The molecule has 0 N–H and O–H groups in total. The molecular formula is C23H26F2N2O2. The van der Waals surface area contributed by atoms with Gasteiger partial charge in [-0.3, -0.25) is 9.80 Å². The summed E-state index contributed by atoms with van der Waals surface area (Å²) < 4.78 is 38.9. The second-order valence-electron chi connectivity index (χ2n) is 8.27. The lowest BCUT2D eigenvalue weighted by molar-refractivity contribution is -0.204. The van der Waals surface area contributed by atoms with E-state index in [2.05, 4.69) is 9.80 Å². The van der Waals surface area contributed by atoms with E-state index in [1.807, 2.05) is 24.3 Å². The van der Waals surface area contributed by atoms with Gasteiger partial charge in [0, 0.05) is 32.1 Å². The molecule has 3 aliphatic rings. The van der Waals surface area contributed by atoms with Gasteiger partial charge in [-0.1, -0.05) is 24.3 Å². The third-order valence-corrected chi connectivity index (χ3v) is 6.49. The predicted molar refractivity (Wildman–Crippen MR) is 105 cm³/mol. The molecule has 3 saturated heterocycles. The summed E-state index contributed by atoms with van der Waals surface area (Å²) in [6.45, 7) is 4.91. The number of hydrogen-bond acceptors (Lipinski definition) is 4. The maximum atomic E-state index is 13.5. The Hall–Kier alpha value is -1.86. The van der Waals surface area contributed by atoms with E-state index >= 15 is 0 Å². The van der Waals surface area contributed by atoms with Crippen molar-refractivity contribution in [3.63, 3.8) is 0 Å². The van der Waals surface area contributed by atoms with Crippen LogP contribution in [0.1, 0.15) is 30.0 Å². The number of nitrogens with zero attached hydrogens (tertiary/aromatic N) is 2. The zero-order valence-corrected chi connectivity index (χ0v) is 16.4. The van der Waals surface area contributed by atoms with Crippen LogP contribution in [0.15, 0.2) is 48.5 Å². The zero-order valence-electron chi connectivity index (χ0n) is 16.4. The molecule has 1 atom stereocenters. The molecule has 154 valence electrons. The van der Waals surface area contributed by atoms with Crippen molar-refractivity contribution in [3.8, 4) is 0 Å². The van der Waals surface area contributed by atoms with Crippen molar-refractivity contribution in [2.45, 2.75) is 30.7 Å². The molecule has 0 aromatic heterocycles. The van der Waals surface area contributed by atoms with Gasteiger partial charge in [-0.15, -0.1) is 0 Å². The highest BCUT2D eigenvalue weighted by Crippen LogP contribution is 2.37. The third kappa shape index (κ3) is 3.82. The number of halogens is 2. The molecule has 1 spiro atoms. The Kier molecular flexibility index (Phi) is 5.12. The van der Waals surface area contributed by atoms with Gasteiger partial charge < -0.3 is 9.47 Å². The van der Waals surface area contributed by atoms with Crippen LogP contribution in [0.3, 0.4) is 0 Å². The van der Waals surface area contributed by atoms with Gasteiger partial charge in [0.2, 0.25) is 0 Å². The Labute approximate surface area is 170 Å². The minimum atomic E-state index is -0.411. The summed E-state index contributed by atoms with van der Waals surface area (Å²) >= 11 is 0. The Morgan fingerprint density at radius 3 is 2.03 bits per heavy atom. The minimum absolute atomic E-state index is 0.0202. The predicted octanol–water partition coefficient (Wildman–Crippen LogP) is 3.58. The van der Waals surface area contributed by atoms with Gasteiger partial charge in [-0.05, 0) is 41.8 Å². The molecule has 2 aromatic rings. The number of rotatable bonds is 3. The van der Waals surface area contributed by atoms with Crippen molar-refractivity contribution in [2.24, 2.45) is 0 Å². The Bertz CT molecular complexity index is 791. The lowest BCUT2D eigenvalue weighted by Gasteiger charge is -2.50. The summed E-state index contributed by atoms with van der Waals surface area (Å²) in [7, 11) is 0. The highest BCUT2D eigenvalue weighted by atomic mass is 19.1. The van der Waals surface area contributed by atoms with Crippen molar-refractivity contribution >= 4 is 0 Å². The van der Waals surface area contributed by atoms with Crippen molar-refractivity contribution in [3.05, 3.63) is 71.3 Å².